The first-order chi connectivity index (χ1) is 12.9. The normalized spacial score (nSPS) is 13.8. The Morgan fingerprint density at radius 2 is 1.90 bits per heavy atom. The van der Waals surface area contributed by atoms with Crippen LogP contribution >= 0.6 is 24.8 Å². The number of rotatable bonds is 4. The zero-order valence-corrected chi connectivity index (χ0v) is 17.5. The van der Waals surface area contributed by atoms with Gasteiger partial charge in [0.15, 0.2) is 0 Å². The first-order valence-electron chi connectivity index (χ1n) is 8.29. The van der Waals surface area contributed by atoms with E-state index >= 15 is 0 Å². The fourth-order valence-electron chi connectivity index (χ4n) is 3.21. The molecule has 0 bridgehead atoms. The summed E-state index contributed by atoms with van der Waals surface area (Å²) in [6, 6.07) is 11.0. The van der Waals surface area contributed by atoms with Crippen molar-refractivity contribution in [3.05, 3.63) is 64.1 Å². The van der Waals surface area contributed by atoms with Gasteiger partial charge in [-0.25, -0.2) is 15.1 Å². The third-order valence-corrected chi connectivity index (χ3v) is 4.90. The number of benzene rings is 1. The SMILES string of the molecule is Cl.Cl.NS(=O)(=O)NN1CCc2cc(Nc3ccnc4[nH]c(=O)ccc34)ccc2C1. The van der Waals surface area contributed by atoms with Crippen LogP contribution in [0.3, 0.4) is 0 Å². The lowest BCUT2D eigenvalue weighted by molar-refractivity contribution is 0.221. The first kappa shape index (κ1) is 23.1. The number of hydrazine groups is 1. The molecule has 0 spiro atoms. The van der Waals surface area contributed by atoms with Crippen molar-refractivity contribution in [2.45, 2.75) is 13.0 Å². The fraction of sp³-hybridized carbons (Fsp3) is 0.176. The average molecular weight is 459 g/mol. The van der Waals surface area contributed by atoms with Crippen LogP contribution in [0.2, 0.25) is 0 Å². The molecule has 0 radical (unpaired) electrons. The molecule has 0 aliphatic carbocycles. The quantitative estimate of drug-likeness (QED) is 0.468. The Morgan fingerprint density at radius 3 is 2.66 bits per heavy atom. The van der Waals surface area contributed by atoms with E-state index in [9.17, 15) is 13.2 Å². The minimum absolute atomic E-state index is 0. The zero-order valence-electron chi connectivity index (χ0n) is 15.1. The summed E-state index contributed by atoms with van der Waals surface area (Å²) < 4.78 is 22.4. The molecule has 29 heavy (non-hydrogen) atoms. The molecule has 0 atom stereocenters. The molecule has 9 nitrogen and oxygen atoms in total. The van der Waals surface area contributed by atoms with E-state index in [0.29, 0.717) is 25.2 Å². The molecule has 0 unspecified atom stereocenters. The van der Waals surface area contributed by atoms with Gasteiger partial charge in [-0.3, -0.25) is 4.79 Å². The van der Waals surface area contributed by atoms with Gasteiger partial charge < -0.3 is 10.3 Å². The van der Waals surface area contributed by atoms with Crippen LogP contribution in [0, 0.1) is 0 Å². The Labute approximate surface area is 179 Å². The first-order valence-corrected chi connectivity index (χ1v) is 9.84. The van der Waals surface area contributed by atoms with Crippen molar-refractivity contribution in [3.8, 4) is 0 Å². The third kappa shape index (κ3) is 5.44. The van der Waals surface area contributed by atoms with Crippen LogP contribution < -0.4 is 20.8 Å². The molecule has 1 aliphatic heterocycles. The van der Waals surface area contributed by atoms with Crippen LogP contribution in [-0.2, 0) is 23.2 Å². The number of nitrogens with two attached hydrogens (primary N) is 1. The standard InChI is InChI=1S/C17H18N6O3S.2ClH/c18-27(25,26)22-23-8-6-11-9-13(2-1-12(11)10-23)20-15-5-7-19-17-14(15)3-4-16(24)21-17;;/h1-5,7,9,22H,6,8,10H2,(H2,18,25,26)(H2,19,20,21,24);2*1H. The van der Waals surface area contributed by atoms with E-state index in [4.69, 9.17) is 5.14 Å². The number of pyridine rings is 2. The van der Waals surface area contributed by atoms with E-state index in [1.807, 2.05) is 24.3 Å². The highest BCUT2D eigenvalue weighted by molar-refractivity contribution is 7.87. The number of halogens is 2. The maximum absolute atomic E-state index is 11.5. The summed E-state index contributed by atoms with van der Waals surface area (Å²) in [6.45, 7) is 0.984. The van der Waals surface area contributed by atoms with Gasteiger partial charge in [-0.15, -0.1) is 29.6 Å². The summed E-state index contributed by atoms with van der Waals surface area (Å²) in [5.74, 6) is 0. The molecule has 3 aromatic rings. The molecule has 5 N–H and O–H groups in total. The number of nitrogens with one attached hydrogen (secondary N) is 3. The minimum atomic E-state index is -3.77. The van der Waals surface area contributed by atoms with Crippen molar-refractivity contribution in [1.29, 1.82) is 0 Å². The van der Waals surface area contributed by atoms with Gasteiger partial charge >= 0.3 is 0 Å². The van der Waals surface area contributed by atoms with E-state index in [-0.39, 0.29) is 30.4 Å². The van der Waals surface area contributed by atoms with Crippen molar-refractivity contribution < 1.29 is 8.42 Å². The molecule has 0 saturated carbocycles. The van der Waals surface area contributed by atoms with Gasteiger partial charge in [-0.1, -0.05) is 6.07 Å². The average Bonchev–Trinajstić information content (AvgIpc) is 2.60. The van der Waals surface area contributed by atoms with Crippen LogP contribution in [0.1, 0.15) is 11.1 Å². The zero-order chi connectivity index (χ0) is 19.0. The Hall–Kier alpha value is -2.21. The highest BCUT2D eigenvalue weighted by Gasteiger charge is 2.19. The highest BCUT2D eigenvalue weighted by atomic mass is 35.5. The predicted molar refractivity (Wildman–Crippen MR) is 117 cm³/mol. The lowest BCUT2D eigenvalue weighted by atomic mass is 10.00. The smallest absolute Gasteiger partial charge is 0.287 e. The van der Waals surface area contributed by atoms with Crippen molar-refractivity contribution >= 4 is 57.4 Å². The molecule has 0 saturated heterocycles. The number of aromatic nitrogens is 2. The Balaban J connectivity index is 0.00000150. The fourth-order valence-corrected chi connectivity index (χ4v) is 3.73. The summed E-state index contributed by atoms with van der Waals surface area (Å²) in [4.78, 5) is 20.7. The van der Waals surface area contributed by atoms with Gasteiger partial charge in [0.25, 0.3) is 10.2 Å². The Bertz CT molecular complexity index is 1190. The summed E-state index contributed by atoms with van der Waals surface area (Å²) in [5, 5.41) is 10.8. The molecule has 1 aromatic carbocycles. The summed E-state index contributed by atoms with van der Waals surface area (Å²) in [5.41, 5.74) is 4.24. The molecule has 3 heterocycles. The van der Waals surface area contributed by atoms with Gasteiger partial charge in [0, 0.05) is 36.4 Å². The van der Waals surface area contributed by atoms with Gasteiger partial charge in [0.1, 0.15) is 5.65 Å². The topological polar surface area (TPSA) is 133 Å². The number of hydrogen-bond donors (Lipinski definition) is 4. The second-order valence-corrected chi connectivity index (χ2v) is 7.63. The van der Waals surface area contributed by atoms with Gasteiger partial charge in [-0.2, -0.15) is 8.42 Å². The van der Waals surface area contributed by atoms with E-state index in [0.717, 1.165) is 27.9 Å². The number of hydrogen-bond acceptors (Lipinski definition) is 6. The van der Waals surface area contributed by atoms with Crippen molar-refractivity contribution in [1.82, 2.24) is 19.8 Å². The van der Waals surface area contributed by atoms with Crippen LogP contribution in [0.4, 0.5) is 11.4 Å². The van der Waals surface area contributed by atoms with Gasteiger partial charge in [0.05, 0.1) is 5.69 Å². The van der Waals surface area contributed by atoms with Crippen molar-refractivity contribution in [2.75, 3.05) is 11.9 Å². The molecule has 12 heteroatoms. The lowest BCUT2D eigenvalue weighted by Crippen LogP contribution is -2.47. The van der Waals surface area contributed by atoms with Gasteiger partial charge in [0.2, 0.25) is 5.56 Å². The summed E-state index contributed by atoms with van der Waals surface area (Å²) in [6.07, 6.45) is 2.33. The van der Waals surface area contributed by atoms with Crippen LogP contribution in [0.25, 0.3) is 11.0 Å². The second-order valence-electron chi connectivity index (χ2n) is 6.36. The van der Waals surface area contributed by atoms with Crippen LogP contribution in [-0.4, -0.2) is 29.9 Å². The molecular weight excluding hydrogens is 439 g/mol. The summed E-state index contributed by atoms with van der Waals surface area (Å²) in [7, 11) is -3.77. The Morgan fingerprint density at radius 1 is 1.10 bits per heavy atom. The minimum Gasteiger partial charge on any atom is -0.355 e. The van der Waals surface area contributed by atoms with E-state index < -0.39 is 10.2 Å². The molecule has 2 aromatic heterocycles. The third-order valence-electron chi connectivity index (χ3n) is 4.39. The Kier molecular flexibility index (Phi) is 7.22. The lowest BCUT2D eigenvalue weighted by Gasteiger charge is -2.28. The number of H-pyrrole nitrogens is 1. The second kappa shape index (κ2) is 9.08. The summed E-state index contributed by atoms with van der Waals surface area (Å²) >= 11 is 0. The number of aromatic amines is 1. The number of anilines is 2. The predicted octanol–water partition coefficient (Wildman–Crippen LogP) is 1.58. The largest absolute Gasteiger partial charge is 0.355 e. The monoisotopic (exact) mass is 458 g/mol. The number of nitrogens with zero attached hydrogens (tertiary/aromatic N) is 2. The maximum atomic E-state index is 11.5. The number of fused-ring (bicyclic) bond motifs is 2. The van der Waals surface area contributed by atoms with Crippen molar-refractivity contribution in [2.24, 2.45) is 5.14 Å². The van der Waals surface area contributed by atoms with E-state index in [2.05, 4.69) is 20.1 Å². The van der Waals surface area contributed by atoms with Crippen molar-refractivity contribution in [3.63, 3.8) is 0 Å². The molecule has 156 valence electrons. The molecule has 4 rings (SSSR count). The van der Waals surface area contributed by atoms with E-state index in [1.54, 1.807) is 17.3 Å². The molecule has 0 amide bonds. The van der Waals surface area contributed by atoms with Crippen LogP contribution in [0.15, 0.2) is 47.4 Å². The van der Waals surface area contributed by atoms with E-state index in [1.165, 1.54) is 6.07 Å². The molecule has 1 aliphatic rings. The molecular formula is C17H20Cl2N6O3S. The van der Waals surface area contributed by atoms with Gasteiger partial charge in [-0.05, 0) is 41.8 Å². The van der Waals surface area contributed by atoms with Crippen LogP contribution in [0.5, 0.6) is 0 Å². The highest BCUT2D eigenvalue weighted by Crippen LogP contribution is 2.27. The molecule has 0 fully saturated rings. The maximum Gasteiger partial charge on any atom is 0.287 e.